The Kier molecular flexibility index (Phi) is 7.17. The molecule has 1 atom stereocenters. The van der Waals surface area contributed by atoms with Crippen LogP contribution < -0.4 is 0 Å². The molecular weight excluding hydrogens is 341 g/mol. The van der Waals surface area contributed by atoms with Crippen molar-refractivity contribution in [2.75, 3.05) is 6.61 Å². The summed E-state index contributed by atoms with van der Waals surface area (Å²) in [7, 11) is 17.2. The molecule has 0 N–H and O–H groups in total. The number of rotatable bonds is 5. The first-order valence-corrected chi connectivity index (χ1v) is 16.6. The van der Waals surface area contributed by atoms with Crippen LogP contribution in [0.4, 0.5) is 0 Å². The Morgan fingerprint density at radius 2 is 2.00 bits per heavy atom. The normalized spacial score (nSPS) is 13.9. The van der Waals surface area contributed by atoms with Crippen LogP contribution >= 0.6 is 26.8 Å². The van der Waals surface area contributed by atoms with Crippen LogP contribution in [0.1, 0.15) is 26.7 Å². The minimum absolute atomic E-state index is 0.371. The first-order valence-electron chi connectivity index (χ1n) is 4.13. The van der Waals surface area contributed by atoms with E-state index in [1.807, 2.05) is 6.92 Å². The second-order valence-corrected chi connectivity index (χ2v) is 24.2. The Morgan fingerprint density at radius 3 is 2.38 bits per heavy atom. The third kappa shape index (κ3) is 6.26. The molecule has 0 aromatic carbocycles. The van der Waals surface area contributed by atoms with E-state index >= 15 is 0 Å². The molecule has 78 valence electrons. The van der Waals surface area contributed by atoms with Crippen LogP contribution in [-0.2, 0) is 9.53 Å². The number of carbonyl (C=O) groups excluding carboxylic acids is 1. The summed E-state index contributed by atoms with van der Waals surface area (Å²) in [6, 6.07) is 0. The number of hydrogen-bond donors (Lipinski definition) is 0. The van der Waals surface area contributed by atoms with Gasteiger partial charge in [0, 0.05) is 0 Å². The molecule has 0 aliphatic heterocycles. The van der Waals surface area contributed by atoms with Crippen molar-refractivity contribution in [2.45, 2.75) is 30.6 Å². The molecule has 0 saturated carbocycles. The van der Waals surface area contributed by atoms with Crippen LogP contribution in [0.15, 0.2) is 0 Å². The molecule has 2 nitrogen and oxygen atoms in total. The Bertz CT molecular complexity index is 170. The topological polar surface area (TPSA) is 26.3 Å². The molecule has 13 heavy (non-hydrogen) atoms. The Balaban J connectivity index is 3.84. The predicted octanol–water partition coefficient (Wildman–Crippen LogP) is 3.38. The number of carbonyl (C=O) groups is 1. The maximum atomic E-state index is 11.2. The Morgan fingerprint density at radius 1 is 1.46 bits per heavy atom. The summed E-state index contributed by atoms with van der Waals surface area (Å²) in [6.45, 7) is 4.06. The molecule has 0 aliphatic rings. The first-order chi connectivity index (χ1) is 5.89. The van der Waals surface area contributed by atoms with Gasteiger partial charge in [-0.1, -0.05) is 0 Å². The standard InChI is InChI=1S/C7H13O2.3ClH.Sn/c1-3-5-6-9-7(8)4-2;;;;/h4H,3,5-6H2,1-2H3;3*1H;/q;;;;+3/p-3. The fourth-order valence-corrected chi connectivity index (χ4v) is 3.37. The van der Waals surface area contributed by atoms with Crippen molar-refractivity contribution in [3.05, 3.63) is 0 Å². The van der Waals surface area contributed by atoms with Crippen molar-refractivity contribution >= 4 is 47.7 Å². The van der Waals surface area contributed by atoms with Crippen molar-refractivity contribution in [1.82, 2.24) is 0 Å². The molecule has 0 radical (unpaired) electrons. The van der Waals surface area contributed by atoms with E-state index in [9.17, 15) is 4.79 Å². The van der Waals surface area contributed by atoms with Crippen molar-refractivity contribution in [3.63, 3.8) is 0 Å². The van der Waals surface area contributed by atoms with Gasteiger partial charge in [-0.2, -0.15) is 0 Å². The van der Waals surface area contributed by atoms with E-state index in [-0.39, 0.29) is 5.97 Å². The Hall–Kier alpha value is 1.14. The van der Waals surface area contributed by atoms with Crippen molar-refractivity contribution < 1.29 is 9.53 Å². The first kappa shape index (κ1) is 14.1. The van der Waals surface area contributed by atoms with Gasteiger partial charge in [0.2, 0.25) is 0 Å². The minimum atomic E-state index is -3.64. The summed E-state index contributed by atoms with van der Waals surface area (Å²) in [4.78, 5) is 11.2. The second-order valence-electron chi connectivity index (χ2n) is 2.78. The van der Waals surface area contributed by atoms with Crippen LogP contribution in [-0.4, -0.2) is 27.6 Å². The van der Waals surface area contributed by atoms with Crippen LogP contribution in [0.2, 0.25) is 3.93 Å². The molecule has 0 aliphatic carbocycles. The van der Waals surface area contributed by atoms with E-state index in [0.29, 0.717) is 6.61 Å². The van der Waals surface area contributed by atoms with E-state index in [4.69, 9.17) is 31.5 Å². The zero-order chi connectivity index (χ0) is 10.5. The molecule has 0 amide bonds. The molecular formula is C7H13Cl3O2Sn. The summed E-state index contributed by atoms with van der Waals surface area (Å²) in [5, 5.41) is 0. The maximum absolute atomic E-state index is 11.2. The molecule has 0 spiro atoms. The van der Waals surface area contributed by atoms with Gasteiger partial charge in [0.05, 0.1) is 0 Å². The van der Waals surface area contributed by atoms with Gasteiger partial charge in [0.15, 0.2) is 0 Å². The van der Waals surface area contributed by atoms with Gasteiger partial charge in [-0.3, -0.25) is 0 Å². The predicted molar refractivity (Wildman–Crippen MR) is 58.6 cm³/mol. The zero-order valence-electron chi connectivity index (χ0n) is 7.65. The third-order valence-corrected chi connectivity index (χ3v) is 11.6. The van der Waals surface area contributed by atoms with Crippen LogP contribution in [0.25, 0.3) is 0 Å². The van der Waals surface area contributed by atoms with Crippen LogP contribution in [0.3, 0.4) is 0 Å². The van der Waals surface area contributed by atoms with Crippen molar-refractivity contribution in [3.8, 4) is 0 Å². The molecule has 0 saturated heterocycles. The summed E-state index contributed by atoms with van der Waals surface area (Å²) >= 11 is -3.64. The zero-order valence-corrected chi connectivity index (χ0v) is 12.8. The van der Waals surface area contributed by atoms with Gasteiger partial charge in [-0.05, 0) is 0 Å². The fourth-order valence-electron chi connectivity index (χ4n) is 0.576. The van der Waals surface area contributed by atoms with Crippen molar-refractivity contribution in [1.29, 1.82) is 0 Å². The average Bonchev–Trinajstić information content (AvgIpc) is 2.01. The van der Waals surface area contributed by atoms with Gasteiger partial charge >= 0.3 is 94.5 Å². The molecule has 0 heterocycles. The average molecular weight is 354 g/mol. The molecule has 0 bridgehead atoms. The summed E-state index contributed by atoms with van der Waals surface area (Å²) < 4.78 is 4.41. The van der Waals surface area contributed by atoms with E-state index in [1.165, 1.54) is 0 Å². The van der Waals surface area contributed by atoms with Gasteiger partial charge in [0.25, 0.3) is 0 Å². The van der Waals surface area contributed by atoms with Gasteiger partial charge < -0.3 is 0 Å². The second kappa shape index (κ2) is 6.59. The Labute approximate surface area is 93.9 Å². The van der Waals surface area contributed by atoms with Gasteiger partial charge in [-0.15, -0.1) is 0 Å². The number of halogens is 3. The molecule has 0 rings (SSSR count). The quantitative estimate of drug-likeness (QED) is 0.430. The summed E-state index contributed by atoms with van der Waals surface area (Å²) in [6.07, 6.45) is 1.84. The van der Waals surface area contributed by atoms with Crippen LogP contribution in [0.5, 0.6) is 0 Å². The van der Waals surface area contributed by atoms with E-state index < -0.39 is 18.9 Å². The molecule has 0 aromatic rings. The monoisotopic (exact) mass is 354 g/mol. The number of esters is 1. The molecule has 1 unspecified atom stereocenters. The molecule has 0 fully saturated rings. The third-order valence-electron chi connectivity index (χ3n) is 1.59. The summed E-state index contributed by atoms with van der Waals surface area (Å²) in [5.74, 6) is -0.371. The van der Waals surface area contributed by atoms with E-state index in [0.717, 1.165) is 12.8 Å². The fraction of sp³-hybridized carbons (Fsp3) is 0.857. The molecule has 0 aromatic heterocycles. The number of unbranched alkanes of at least 4 members (excludes halogenated alkanes) is 1. The SMILES string of the molecule is CCCCOC(=O)[CH](C)[Sn]([Cl])([Cl])[Cl]. The van der Waals surface area contributed by atoms with Crippen molar-refractivity contribution in [2.24, 2.45) is 0 Å². The summed E-state index contributed by atoms with van der Waals surface area (Å²) in [5.41, 5.74) is 0. The number of hydrogen-bond acceptors (Lipinski definition) is 2. The van der Waals surface area contributed by atoms with E-state index in [1.54, 1.807) is 6.92 Å². The van der Waals surface area contributed by atoms with E-state index in [2.05, 4.69) is 0 Å². The van der Waals surface area contributed by atoms with Gasteiger partial charge in [-0.25, -0.2) is 0 Å². The number of ether oxygens (including phenoxy) is 1. The molecule has 6 heteroatoms. The van der Waals surface area contributed by atoms with Crippen LogP contribution in [0, 0.1) is 0 Å². The van der Waals surface area contributed by atoms with Gasteiger partial charge in [0.1, 0.15) is 0 Å².